The molecule has 2 nitrogen and oxygen atoms in total. The summed E-state index contributed by atoms with van der Waals surface area (Å²) in [6, 6.07) is 4.17. The predicted molar refractivity (Wildman–Crippen MR) is 39.2 cm³/mol. The van der Waals surface area contributed by atoms with Crippen LogP contribution in [0, 0.1) is 0 Å². The maximum atomic E-state index is 5.42. The molecular formula is C6H10N2Se. The van der Waals surface area contributed by atoms with E-state index in [2.05, 4.69) is 12.1 Å². The summed E-state index contributed by atoms with van der Waals surface area (Å²) >= 11 is 0.476. The van der Waals surface area contributed by atoms with E-state index in [1.807, 2.05) is 0 Å². The van der Waals surface area contributed by atoms with Gasteiger partial charge >= 0.3 is 60.1 Å². The van der Waals surface area contributed by atoms with Gasteiger partial charge in [0.05, 0.1) is 0 Å². The zero-order chi connectivity index (χ0) is 6.69. The summed E-state index contributed by atoms with van der Waals surface area (Å²) < 4.78 is 2.70. The zero-order valence-corrected chi connectivity index (χ0v) is 6.84. The number of nitrogens with two attached hydrogens (primary N) is 2. The molecule has 4 N–H and O–H groups in total. The Labute approximate surface area is 60.6 Å². The molecule has 0 aliphatic rings. The standard InChI is InChI=1S/C6H10N2Se/c7-3-5-1-2-6(4-8)9-5/h1-2H,3-4,7-8H2. The fraction of sp³-hybridized carbons (Fsp3) is 0.333. The minimum absolute atomic E-state index is 0.476. The van der Waals surface area contributed by atoms with E-state index in [0.717, 1.165) is 0 Å². The minimum atomic E-state index is 0.476. The van der Waals surface area contributed by atoms with Crippen LogP contribution in [0.5, 0.6) is 0 Å². The van der Waals surface area contributed by atoms with Crippen LogP contribution >= 0.6 is 0 Å². The van der Waals surface area contributed by atoms with Crippen molar-refractivity contribution < 1.29 is 0 Å². The van der Waals surface area contributed by atoms with Gasteiger partial charge in [0.15, 0.2) is 0 Å². The first kappa shape index (κ1) is 7.03. The third kappa shape index (κ3) is 1.66. The van der Waals surface area contributed by atoms with E-state index in [1.54, 1.807) is 0 Å². The van der Waals surface area contributed by atoms with Gasteiger partial charge in [0, 0.05) is 0 Å². The van der Waals surface area contributed by atoms with Crippen molar-refractivity contribution in [3.05, 3.63) is 21.0 Å². The SMILES string of the molecule is NCc1ccc(CN)[se]1. The van der Waals surface area contributed by atoms with Gasteiger partial charge in [-0.2, -0.15) is 0 Å². The average molecular weight is 189 g/mol. The third-order valence-electron chi connectivity index (χ3n) is 1.12. The second-order valence-electron chi connectivity index (χ2n) is 1.78. The summed E-state index contributed by atoms with van der Waals surface area (Å²) in [6.07, 6.45) is 0. The molecule has 0 bridgehead atoms. The van der Waals surface area contributed by atoms with Gasteiger partial charge in [-0.25, -0.2) is 0 Å². The monoisotopic (exact) mass is 190 g/mol. The molecule has 0 saturated heterocycles. The van der Waals surface area contributed by atoms with E-state index in [9.17, 15) is 0 Å². The van der Waals surface area contributed by atoms with Crippen LogP contribution in [0.2, 0.25) is 0 Å². The van der Waals surface area contributed by atoms with E-state index in [-0.39, 0.29) is 0 Å². The van der Waals surface area contributed by atoms with Gasteiger partial charge in [0.25, 0.3) is 0 Å². The Hall–Kier alpha value is -0.0805. The molecule has 1 rings (SSSR count). The zero-order valence-electron chi connectivity index (χ0n) is 5.13. The second-order valence-corrected chi connectivity index (χ2v) is 4.40. The molecule has 0 spiro atoms. The normalized spacial score (nSPS) is 10.0. The second kappa shape index (κ2) is 3.18. The molecule has 0 aliphatic carbocycles. The fourth-order valence-corrected chi connectivity index (χ4v) is 2.27. The summed E-state index contributed by atoms with van der Waals surface area (Å²) in [5, 5.41) is 0. The Kier molecular flexibility index (Phi) is 2.48. The molecular weight excluding hydrogens is 179 g/mol. The van der Waals surface area contributed by atoms with Crippen LogP contribution in [-0.4, -0.2) is 14.5 Å². The first-order valence-corrected chi connectivity index (χ1v) is 4.56. The maximum absolute atomic E-state index is 5.42. The van der Waals surface area contributed by atoms with Crippen molar-refractivity contribution >= 4 is 14.5 Å². The molecule has 1 heterocycles. The molecule has 3 heteroatoms. The van der Waals surface area contributed by atoms with Crippen molar-refractivity contribution in [1.82, 2.24) is 0 Å². The van der Waals surface area contributed by atoms with Crippen LogP contribution in [0.1, 0.15) is 8.87 Å². The van der Waals surface area contributed by atoms with Gasteiger partial charge in [-0.15, -0.1) is 0 Å². The molecule has 0 amide bonds. The molecule has 0 unspecified atom stereocenters. The Morgan fingerprint density at radius 1 is 1.11 bits per heavy atom. The first-order chi connectivity index (χ1) is 4.36. The quantitative estimate of drug-likeness (QED) is 0.625. The predicted octanol–water partition coefficient (Wildman–Crippen LogP) is -0.339. The van der Waals surface area contributed by atoms with Gasteiger partial charge in [0.1, 0.15) is 0 Å². The van der Waals surface area contributed by atoms with Gasteiger partial charge in [0.2, 0.25) is 0 Å². The summed E-state index contributed by atoms with van der Waals surface area (Å²) in [5.41, 5.74) is 10.8. The van der Waals surface area contributed by atoms with Crippen LogP contribution in [0.3, 0.4) is 0 Å². The summed E-state index contributed by atoms with van der Waals surface area (Å²) in [6.45, 7) is 1.39. The number of rotatable bonds is 2. The van der Waals surface area contributed by atoms with Crippen LogP contribution in [0.4, 0.5) is 0 Å². The van der Waals surface area contributed by atoms with Crippen LogP contribution in [-0.2, 0) is 13.1 Å². The molecule has 0 atom stereocenters. The molecule has 50 valence electrons. The van der Waals surface area contributed by atoms with Crippen molar-refractivity contribution in [2.45, 2.75) is 13.1 Å². The Bertz CT molecular complexity index is 164. The Morgan fingerprint density at radius 3 is 1.78 bits per heavy atom. The summed E-state index contributed by atoms with van der Waals surface area (Å²) in [4.78, 5) is 0. The molecule has 0 radical (unpaired) electrons. The van der Waals surface area contributed by atoms with Gasteiger partial charge in [-0.3, -0.25) is 0 Å². The summed E-state index contributed by atoms with van der Waals surface area (Å²) in [5.74, 6) is 0. The molecule has 0 fully saturated rings. The molecule has 9 heavy (non-hydrogen) atoms. The van der Waals surface area contributed by atoms with Gasteiger partial charge in [-0.05, 0) is 0 Å². The Balaban J connectivity index is 2.74. The van der Waals surface area contributed by atoms with Crippen molar-refractivity contribution in [2.24, 2.45) is 11.5 Å². The van der Waals surface area contributed by atoms with Crippen LogP contribution in [0.25, 0.3) is 0 Å². The van der Waals surface area contributed by atoms with Crippen molar-refractivity contribution in [2.75, 3.05) is 0 Å². The van der Waals surface area contributed by atoms with E-state index in [4.69, 9.17) is 11.5 Å². The van der Waals surface area contributed by atoms with E-state index >= 15 is 0 Å². The fourth-order valence-electron chi connectivity index (χ4n) is 0.642. The molecule has 0 aliphatic heterocycles. The van der Waals surface area contributed by atoms with E-state index in [0.29, 0.717) is 27.6 Å². The van der Waals surface area contributed by atoms with Gasteiger partial charge < -0.3 is 0 Å². The molecule has 1 aromatic heterocycles. The van der Waals surface area contributed by atoms with Crippen molar-refractivity contribution in [3.63, 3.8) is 0 Å². The number of hydrogen-bond donors (Lipinski definition) is 2. The Morgan fingerprint density at radius 2 is 1.56 bits per heavy atom. The van der Waals surface area contributed by atoms with Crippen molar-refractivity contribution in [1.29, 1.82) is 0 Å². The van der Waals surface area contributed by atoms with E-state index in [1.165, 1.54) is 8.87 Å². The van der Waals surface area contributed by atoms with E-state index < -0.39 is 0 Å². The molecule has 0 aromatic carbocycles. The van der Waals surface area contributed by atoms with Gasteiger partial charge in [-0.1, -0.05) is 0 Å². The van der Waals surface area contributed by atoms with Crippen LogP contribution in [0.15, 0.2) is 12.1 Å². The molecule has 0 saturated carbocycles. The summed E-state index contributed by atoms with van der Waals surface area (Å²) in [7, 11) is 0. The third-order valence-corrected chi connectivity index (χ3v) is 3.49. The topological polar surface area (TPSA) is 52.0 Å². The molecule has 1 aromatic rings. The average Bonchev–Trinajstić information content (AvgIpc) is 2.34. The van der Waals surface area contributed by atoms with Crippen molar-refractivity contribution in [3.8, 4) is 0 Å². The first-order valence-electron chi connectivity index (χ1n) is 2.84. The number of hydrogen-bond acceptors (Lipinski definition) is 2. The van der Waals surface area contributed by atoms with Crippen LogP contribution < -0.4 is 11.5 Å².